The lowest BCUT2D eigenvalue weighted by atomic mass is 9.65. The molecule has 1 aromatic carbocycles. The molecule has 1 saturated heterocycles. The molecule has 2 aromatic rings. The molecule has 2 atom stereocenters. The normalized spacial score (nSPS) is 24.3. The third-order valence-electron chi connectivity index (χ3n) is 6.33. The van der Waals surface area contributed by atoms with Crippen LogP contribution < -0.4 is 0 Å². The van der Waals surface area contributed by atoms with Crippen LogP contribution in [0.25, 0.3) is 11.3 Å². The maximum Gasteiger partial charge on any atom is 0.344 e. The molecule has 2 aliphatic rings. The summed E-state index contributed by atoms with van der Waals surface area (Å²) in [6, 6.07) is 4.33. The minimum absolute atomic E-state index is 0.0342. The highest BCUT2D eigenvalue weighted by molar-refractivity contribution is 6.33. The second-order valence-corrected chi connectivity index (χ2v) is 10.3. The van der Waals surface area contributed by atoms with E-state index < -0.39 is 11.8 Å². The molecule has 1 amide bonds. The summed E-state index contributed by atoms with van der Waals surface area (Å²) in [6.07, 6.45) is 2.96. The van der Waals surface area contributed by atoms with E-state index in [0.29, 0.717) is 6.54 Å². The van der Waals surface area contributed by atoms with Gasteiger partial charge in [-0.3, -0.25) is 4.79 Å². The Morgan fingerprint density at radius 3 is 2.77 bits per heavy atom. The quantitative estimate of drug-likeness (QED) is 0.613. The number of rotatable bonds is 4. The van der Waals surface area contributed by atoms with Crippen molar-refractivity contribution in [3.63, 3.8) is 0 Å². The van der Waals surface area contributed by atoms with E-state index in [1.165, 1.54) is 25.1 Å². The number of amides is 1. The molecule has 166 valence electrons. The summed E-state index contributed by atoms with van der Waals surface area (Å²) < 4.78 is 24.8. The van der Waals surface area contributed by atoms with Crippen molar-refractivity contribution in [1.29, 1.82) is 0 Å². The van der Waals surface area contributed by atoms with E-state index in [1.54, 1.807) is 0 Å². The molecule has 2 bridgehead atoms. The molecule has 8 heteroatoms. The van der Waals surface area contributed by atoms with Crippen LogP contribution in [0.5, 0.6) is 0 Å². The standard InChI is InChI=1S/C23H26ClFN2O4/c1-13-18(20(26-31-13)19-15(24)6-5-7-16(19)25)21(29)30-10-17(28)27-12-23(4)9-14(27)8-22(2,3)11-23/h5-7,14H,8-12H2,1-4H3. The lowest BCUT2D eigenvalue weighted by Gasteiger charge is -2.39. The van der Waals surface area contributed by atoms with Crippen LogP contribution >= 0.6 is 11.6 Å². The van der Waals surface area contributed by atoms with Gasteiger partial charge in [0.25, 0.3) is 5.91 Å². The van der Waals surface area contributed by atoms with Gasteiger partial charge in [-0.05, 0) is 49.1 Å². The predicted molar refractivity (Wildman–Crippen MR) is 113 cm³/mol. The Bertz CT molecular complexity index is 1030. The Morgan fingerprint density at radius 1 is 1.32 bits per heavy atom. The maximum atomic E-state index is 14.4. The molecule has 0 radical (unpaired) electrons. The van der Waals surface area contributed by atoms with Gasteiger partial charge in [0, 0.05) is 12.6 Å². The first-order valence-electron chi connectivity index (χ1n) is 10.4. The SMILES string of the molecule is Cc1onc(-c2c(F)cccc2Cl)c1C(=O)OCC(=O)N1CC2(C)CC1CC(C)(C)C2. The number of aromatic nitrogens is 1. The van der Waals surface area contributed by atoms with E-state index in [-0.39, 0.29) is 57.0 Å². The van der Waals surface area contributed by atoms with Gasteiger partial charge in [-0.2, -0.15) is 0 Å². The van der Waals surface area contributed by atoms with Crippen LogP contribution in [0.2, 0.25) is 5.02 Å². The van der Waals surface area contributed by atoms with Crippen LogP contribution in [0.4, 0.5) is 4.39 Å². The Morgan fingerprint density at radius 2 is 2.06 bits per heavy atom. The van der Waals surface area contributed by atoms with Gasteiger partial charge in [-0.1, -0.05) is 43.6 Å². The molecular weight excluding hydrogens is 423 g/mol. The Kier molecular flexibility index (Phi) is 5.36. The third kappa shape index (κ3) is 4.07. The molecule has 2 unspecified atom stereocenters. The summed E-state index contributed by atoms with van der Waals surface area (Å²) in [5.74, 6) is -1.49. The van der Waals surface area contributed by atoms with E-state index >= 15 is 0 Å². The minimum atomic E-state index is -0.796. The van der Waals surface area contributed by atoms with Crippen molar-refractivity contribution in [3.8, 4) is 11.3 Å². The van der Waals surface area contributed by atoms with E-state index in [9.17, 15) is 14.0 Å². The number of fused-ring (bicyclic) bond motifs is 2. The number of nitrogens with zero attached hydrogens (tertiary/aromatic N) is 2. The lowest BCUT2D eigenvalue weighted by Crippen LogP contribution is -2.39. The minimum Gasteiger partial charge on any atom is -0.452 e. The largest absolute Gasteiger partial charge is 0.452 e. The first-order chi connectivity index (χ1) is 14.5. The first-order valence-corrected chi connectivity index (χ1v) is 10.7. The first kappa shape index (κ1) is 21.8. The zero-order valence-corrected chi connectivity index (χ0v) is 18.9. The highest BCUT2D eigenvalue weighted by Gasteiger charge is 2.51. The summed E-state index contributed by atoms with van der Waals surface area (Å²) in [7, 11) is 0. The van der Waals surface area contributed by atoms with Crippen LogP contribution in [0.3, 0.4) is 0 Å². The number of halogens is 2. The van der Waals surface area contributed by atoms with Gasteiger partial charge >= 0.3 is 5.97 Å². The summed E-state index contributed by atoms with van der Waals surface area (Å²) >= 11 is 6.12. The summed E-state index contributed by atoms with van der Waals surface area (Å²) in [5.41, 5.74) is 0.156. The molecule has 0 N–H and O–H groups in total. The molecule has 1 saturated carbocycles. The molecule has 31 heavy (non-hydrogen) atoms. The molecule has 2 heterocycles. The Hall–Kier alpha value is -2.41. The van der Waals surface area contributed by atoms with Crippen molar-refractivity contribution in [1.82, 2.24) is 10.1 Å². The highest BCUT2D eigenvalue weighted by atomic mass is 35.5. The zero-order chi connectivity index (χ0) is 22.6. The molecular formula is C23H26ClFN2O4. The van der Waals surface area contributed by atoms with Gasteiger partial charge in [-0.25, -0.2) is 9.18 Å². The average molecular weight is 449 g/mol. The van der Waals surface area contributed by atoms with Crippen LogP contribution in [-0.2, 0) is 9.53 Å². The molecule has 4 rings (SSSR count). The van der Waals surface area contributed by atoms with Crippen molar-refractivity contribution in [2.75, 3.05) is 13.2 Å². The number of ether oxygens (including phenoxy) is 1. The van der Waals surface area contributed by atoms with Crippen LogP contribution in [0.15, 0.2) is 22.7 Å². The van der Waals surface area contributed by atoms with Crippen molar-refractivity contribution >= 4 is 23.5 Å². The number of carbonyl (C=O) groups excluding carboxylic acids is 2. The van der Waals surface area contributed by atoms with Crippen LogP contribution in [-0.4, -0.2) is 41.1 Å². The van der Waals surface area contributed by atoms with Gasteiger partial charge < -0.3 is 14.2 Å². The van der Waals surface area contributed by atoms with Gasteiger partial charge in [0.15, 0.2) is 6.61 Å². The van der Waals surface area contributed by atoms with E-state index in [4.69, 9.17) is 20.9 Å². The summed E-state index contributed by atoms with van der Waals surface area (Å²) in [4.78, 5) is 27.5. The second-order valence-electron chi connectivity index (χ2n) is 9.87. The predicted octanol–water partition coefficient (Wildman–Crippen LogP) is 5.03. The van der Waals surface area contributed by atoms with Crippen LogP contribution in [0, 0.1) is 23.6 Å². The van der Waals surface area contributed by atoms with Gasteiger partial charge in [-0.15, -0.1) is 0 Å². The zero-order valence-electron chi connectivity index (χ0n) is 18.1. The monoisotopic (exact) mass is 448 g/mol. The number of carbonyl (C=O) groups is 2. The molecule has 1 aliphatic carbocycles. The summed E-state index contributed by atoms with van der Waals surface area (Å²) in [6.45, 7) is 8.48. The number of aryl methyl sites for hydroxylation is 1. The fraction of sp³-hybridized carbons (Fsp3) is 0.522. The smallest absolute Gasteiger partial charge is 0.344 e. The number of benzene rings is 1. The number of esters is 1. The fourth-order valence-electron chi connectivity index (χ4n) is 5.54. The van der Waals surface area contributed by atoms with Gasteiger partial charge in [0.1, 0.15) is 22.8 Å². The third-order valence-corrected chi connectivity index (χ3v) is 6.64. The number of hydrogen-bond acceptors (Lipinski definition) is 5. The average Bonchev–Trinajstić information content (AvgIpc) is 3.15. The summed E-state index contributed by atoms with van der Waals surface area (Å²) in [5, 5.41) is 3.90. The topological polar surface area (TPSA) is 72.6 Å². The van der Waals surface area contributed by atoms with E-state index in [2.05, 4.69) is 25.9 Å². The number of hydrogen-bond donors (Lipinski definition) is 0. The lowest BCUT2D eigenvalue weighted by molar-refractivity contribution is -0.135. The Balaban J connectivity index is 1.50. The second kappa shape index (κ2) is 7.62. The molecule has 0 spiro atoms. The Labute approximate surface area is 185 Å². The van der Waals surface area contributed by atoms with E-state index in [1.807, 2.05) is 4.90 Å². The molecule has 2 fully saturated rings. The number of likely N-dealkylation sites (tertiary alicyclic amines) is 1. The van der Waals surface area contributed by atoms with Crippen molar-refractivity contribution in [2.45, 2.75) is 53.0 Å². The highest BCUT2D eigenvalue weighted by Crippen LogP contribution is 2.52. The van der Waals surface area contributed by atoms with Gasteiger partial charge in [0.05, 0.1) is 10.6 Å². The van der Waals surface area contributed by atoms with Crippen LogP contribution in [0.1, 0.15) is 56.2 Å². The van der Waals surface area contributed by atoms with Gasteiger partial charge in [0.2, 0.25) is 0 Å². The fourth-order valence-corrected chi connectivity index (χ4v) is 5.79. The molecule has 6 nitrogen and oxygen atoms in total. The van der Waals surface area contributed by atoms with E-state index in [0.717, 1.165) is 19.3 Å². The van der Waals surface area contributed by atoms with Crippen molar-refractivity contribution < 1.29 is 23.2 Å². The molecule has 1 aromatic heterocycles. The maximum absolute atomic E-state index is 14.4. The van der Waals surface area contributed by atoms with Crippen molar-refractivity contribution in [2.24, 2.45) is 10.8 Å². The molecule has 1 aliphatic heterocycles. The van der Waals surface area contributed by atoms with Crippen molar-refractivity contribution in [3.05, 3.63) is 40.4 Å².